The Labute approximate surface area is 113 Å². The molecular weight excluding hydrogens is 238 g/mol. The number of amides is 1. The van der Waals surface area contributed by atoms with Crippen molar-refractivity contribution in [3.63, 3.8) is 0 Å². The lowest BCUT2D eigenvalue weighted by atomic mass is 10.1. The number of benzene rings is 1. The number of carbonyl (C=O) groups excluding carboxylic acids is 1. The smallest absolute Gasteiger partial charge is 0.226 e. The van der Waals surface area contributed by atoms with Gasteiger partial charge in [-0.1, -0.05) is 6.07 Å². The number of aromatic nitrogens is 2. The molecule has 100 valence electrons. The quantitative estimate of drug-likeness (QED) is 0.915. The predicted molar refractivity (Wildman–Crippen MR) is 76.1 cm³/mol. The van der Waals surface area contributed by atoms with Crippen molar-refractivity contribution in [3.05, 3.63) is 48.0 Å². The first-order valence-electron chi connectivity index (χ1n) is 6.40. The van der Waals surface area contributed by atoms with E-state index in [0.717, 1.165) is 16.8 Å². The molecule has 0 aliphatic rings. The highest BCUT2D eigenvalue weighted by Crippen LogP contribution is 2.16. The summed E-state index contributed by atoms with van der Waals surface area (Å²) in [5, 5.41) is 2.94. The van der Waals surface area contributed by atoms with E-state index in [1.165, 1.54) is 0 Å². The van der Waals surface area contributed by atoms with Crippen LogP contribution in [0.15, 0.2) is 36.9 Å². The fourth-order valence-electron chi connectivity index (χ4n) is 2.16. The summed E-state index contributed by atoms with van der Waals surface area (Å²) >= 11 is 0. The Balaban J connectivity index is 1.97. The zero-order valence-electron chi connectivity index (χ0n) is 11.6. The topological polar surface area (TPSA) is 46.9 Å². The zero-order chi connectivity index (χ0) is 13.8. The van der Waals surface area contributed by atoms with Crippen LogP contribution in [-0.2, 0) is 4.79 Å². The van der Waals surface area contributed by atoms with Crippen LogP contribution in [0.1, 0.15) is 30.5 Å². The van der Waals surface area contributed by atoms with Gasteiger partial charge in [0.05, 0.1) is 6.33 Å². The Morgan fingerprint density at radius 1 is 1.32 bits per heavy atom. The molecular formula is C15H19N3O. The lowest BCUT2D eigenvalue weighted by Gasteiger charge is -2.13. The number of hydrogen-bond acceptors (Lipinski definition) is 2. The molecule has 1 aromatic carbocycles. The largest absolute Gasteiger partial charge is 0.334 e. The molecule has 0 bridgehead atoms. The first-order chi connectivity index (χ1) is 9.04. The number of carbonyl (C=O) groups is 1. The number of anilines is 1. The maximum Gasteiger partial charge on any atom is 0.226 e. The number of nitrogens with one attached hydrogen (secondary N) is 1. The molecule has 1 N–H and O–H groups in total. The molecule has 0 unspecified atom stereocenters. The van der Waals surface area contributed by atoms with Crippen molar-refractivity contribution >= 4 is 11.6 Å². The number of imidazole rings is 1. The maximum absolute atomic E-state index is 12.0. The molecule has 2 aromatic rings. The normalized spacial score (nSPS) is 12.2. The van der Waals surface area contributed by atoms with Crippen molar-refractivity contribution < 1.29 is 4.79 Å². The van der Waals surface area contributed by atoms with Crippen molar-refractivity contribution in [3.8, 4) is 0 Å². The maximum atomic E-state index is 12.0. The highest BCUT2D eigenvalue weighted by atomic mass is 16.1. The van der Waals surface area contributed by atoms with Crippen molar-refractivity contribution in [1.82, 2.24) is 9.55 Å². The lowest BCUT2D eigenvalue weighted by molar-refractivity contribution is -0.116. The van der Waals surface area contributed by atoms with Gasteiger partial charge in [-0.05, 0) is 44.0 Å². The van der Waals surface area contributed by atoms with Gasteiger partial charge in [0, 0.05) is 30.5 Å². The number of aryl methyl sites for hydroxylation is 2. The van der Waals surface area contributed by atoms with Gasteiger partial charge in [-0.2, -0.15) is 0 Å². The van der Waals surface area contributed by atoms with Gasteiger partial charge >= 0.3 is 0 Å². The van der Waals surface area contributed by atoms with Crippen LogP contribution >= 0.6 is 0 Å². The van der Waals surface area contributed by atoms with Gasteiger partial charge < -0.3 is 9.88 Å². The average molecular weight is 257 g/mol. The molecule has 2 rings (SSSR count). The van der Waals surface area contributed by atoms with Crippen LogP contribution in [-0.4, -0.2) is 15.5 Å². The lowest BCUT2D eigenvalue weighted by Crippen LogP contribution is -2.17. The summed E-state index contributed by atoms with van der Waals surface area (Å²) < 4.78 is 1.93. The van der Waals surface area contributed by atoms with Crippen molar-refractivity contribution in [2.45, 2.75) is 33.2 Å². The highest BCUT2D eigenvalue weighted by molar-refractivity contribution is 5.91. The molecule has 0 aliphatic carbocycles. The van der Waals surface area contributed by atoms with Crippen molar-refractivity contribution in [2.24, 2.45) is 0 Å². The number of hydrogen-bond donors (Lipinski definition) is 1. The predicted octanol–water partition coefficient (Wildman–Crippen LogP) is 3.09. The number of nitrogens with zero attached hydrogens (tertiary/aromatic N) is 2. The summed E-state index contributed by atoms with van der Waals surface area (Å²) in [4.78, 5) is 16.0. The van der Waals surface area contributed by atoms with Gasteiger partial charge in [0.1, 0.15) is 0 Å². The van der Waals surface area contributed by atoms with E-state index < -0.39 is 0 Å². The average Bonchev–Trinajstić information content (AvgIpc) is 2.80. The van der Waals surface area contributed by atoms with Crippen LogP contribution in [0.2, 0.25) is 0 Å². The van der Waals surface area contributed by atoms with Gasteiger partial charge in [0.2, 0.25) is 5.91 Å². The summed E-state index contributed by atoms with van der Waals surface area (Å²) in [7, 11) is 0. The molecule has 0 saturated carbocycles. The van der Waals surface area contributed by atoms with E-state index >= 15 is 0 Å². The van der Waals surface area contributed by atoms with Crippen LogP contribution < -0.4 is 5.32 Å². The van der Waals surface area contributed by atoms with E-state index in [0.29, 0.717) is 6.42 Å². The van der Waals surface area contributed by atoms with E-state index in [4.69, 9.17) is 0 Å². The van der Waals surface area contributed by atoms with Crippen LogP contribution in [0.4, 0.5) is 5.69 Å². The molecule has 0 saturated heterocycles. The molecule has 4 nitrogen and oxygen atoms in total. The second-order valence-electron chi connectivity index (χ2n) is 4.99. The molecule has 0 radical (unpaired) electrons. The van der Waals surface area contributed by atoms with Gasteiger partial charge in [0.25, 0.3) is 0 Å². The second-order valence-corrected chi connectivity index (χ2v) is 4.99. The minimum Gasteiger partial charge on any atom is -0.334 e. The Morgan fingerprint density at radius 2 is 2.00 bits per heavy atom. The van der Waals surface area contributed by atoms with Gasteiger partial charge in [-0.3, -0.25) is 4.79 Å². The molecule has 1 aromatic heterocycles. The molecule has 1 amide bonds. The van der Waals surface area contributed by atoms with E-state index in [1.54, 1.807) is 12.5 Å². The Hall–Kier alpha value is -2.10. The van der Waals surface area contributed by atoms with E-state index in [9.17, 15) is 4.79 Å². The molecule has 0 aliphatic heterocycles. The standard InChI is InChI=1S/C15H19N3O/c1-11-6-12(2)8-14(7-11)17-15(19)9-13(3)18-5-4-16-10-18/h4-8,10,13H,9H2,1-3H3,(H,17,19)/t13-/m1/s1. The molecule has 1 atom stereocenters. The Bertz CT molecular complexity index is 541. The Kier molecular flexibility index (Phi) is 4.00. The van der Waals surface area contributed by atoms with Gasteiger partial charge in [0.15, 0.2) is 0 Å². The first kappa shape index (κ1) is 13.3. The van der Waals surface area contributed by atoms with E-state index in [-0.39, 0.29) is 11.9 Å². The summed E-state index contributed by atoms with van der Waals surface area (Å²) in [6.07, 6.45) is 5.76. The molecule has 4 heteroatoms. The third-order valence-corrected chi connectivity index (χ3v) is 3.02. The third-order valence-electron chi connectivity index (χ3n) is 3.02. The monoisotopic (exact) mass is 257 g/mol. The Morgan fingerprint density at radius 3 is 2.58 bits per heavy atom. The first-order valence-corrected chi connectivity index (χ1v) is 6.40. The van der Waals surface area contributed by atoms with Crippen LogP contribution in [0, 0.1) is 13.8 Å². The molecule has 0 fully saturated rings. The SMILES string of the molecule is Cc1cc(C)cc(NC(=O)C[C@@H](C)n2ccnc2)c1. The van der Waals surface area contributed by atoms with Crippen molar-refractivity contribution in [1.29, 1.82) is 0 Å². The molecule has 19 heavy (non-hydrogen) atoms. The van der Waals surface area contributed by atoms with Gasteiger partial charge in [-0.25, -0.2) is 4.98 Å². The fourth-order valence-corrected chi connectivity index (χ4v) is 2.16. The van der Waals surface area contributed by atoms with Gasteiger partial charge in [-0.15, -0.1) is 0 Å². The van der Waals surface area contributed by atoms with Crippen LogP contribution in [0.3, 0.4) is 0 Å². The summed E-state index contributed by atoms with van der Waals surface area (Å²) in [6, 6.07) is 6.15. The second kappa shape index (κ2) is 5.69. The van der Waals surface area contributed by atoms with E-state index in [1.807, 2.05) is 43.7 Å². The van der Waals surface area contributed by atoms with Crippen LogP contribution in [0.25, 0.3) is 0 Å². The third kappa shape index (κ3) is 3.68. The number of rotatable bonds is 4. The fraction of sp³-hybridized carbons (Fsp3) is 0.333. The highest BCUT2D eigenvalue weighted by Gasteiger charge is 2.10. The zero-order valence-corrected chi connectivity index (χ0v) is 11.6. The minimum absolute atomic E-state index is 0.0196. The minimum atomic E-state index is 0.0196. The molecule has 0 spiro atoms. The van der Waals surface area contributed by atoms with Crippen molar-refractivity contribution in [2.75, 3.05) is 5.32 Å². The summed E-state index contributed by atoms with van der Waals surface area (Å²) in [5.41, 5.74) is 3.16. The summed E-state index contributed by atoms with van der Waals surface area (Å²) in [6.45, 7) is 6.05. The summed E-state index contributed by atoms with van der Waals surface area (Å²) in [5.74, 6) is 0.0196. The van der Waals surface area contributed by atoms with Crippen LogP contribution in [0.5, 0.6) is 0 Å². The van der Waals surface area contributed by atoms with E-state index in [2.05, 4.69) is 16.4 Å². The molecule has 1 heterocycles.